The van der Waals surface area contributed by atoms with Crippen molar-refractivity contribution in [3.05, 3.63) is 17.0 Å². The van der Waals surface area contributed by atoms with Crippen LogP contribution in [0.5, 0.6) is 0 Å². The lowest BCUT2D eigenvalue weighted by Crippen LogP contribution is -2.46. The standard InChI is InChI=1S/C9H11NO5S2/c11-7-2-6(3-7)10-17(14,15)8-1-5(4-16-8)9(12)13/h1,4,6-7,10-11H,2-3H2,(H,12,13). The highest BCUT2D eigenvalue weighted by Gasteiger charge is 2.32. The molecule has 0 unspecified atom stereocenters. The van der Waals surface area contributed by atoms with Gasteiger partial charge in [0.1, 0.15) is 4.21 Å². The zero-order valence-corrected chi connectivity index (χ0v) is 10.3. The number of aromatic carboxylic acids is 1. The van der Waals surface area contributed by atoms with E-state index in [2.05, 4.69) is 4.72 Å². The largest absolute Gasteiger partial charge is 0.478 e. The Morgan fingerprint density at radius 2 is 2.12 bits per heavy atom. The van der Waals surface area contributed by atoms with Crippen LogP contribution in [0.4, 0.5) is 0 Å². The van der Waals surface area contributed by atoms with Gasteiger partial charge in [0.25, 0.3) is 0 Å². The third kappa shape index (κ3) is 2.65. The van der Waals surface area contributed by atoms with E-state index in [1.54, 1.807) is 0 Å². The van der Waals surface area contributed by atoms with Crippen molar-refractivity contribution in [2.45, 2.75) is 29.2 Å². The van der Waals surface area contributed by atoms with Crippen LogP contribution in [-0.2, 0) is 10.0 Å². The summed E-state index contributed by atoms with van der Waals surface area (Å²) in [6.45, 7) is 0. The number of sulfonamides is 1. The van der Waals surface area contributed by atoms with Crippen LogP contribution in [0.25, 0.3) is 0 Å². The van der Waals surface area contributed by atoms with Crippen molar-refractivity contribution in [1.82, 2.24) is 4.72 Å². The molecule has 1 saturated carbocycles. The van der Waals surface area contributed by atoms with Gasteiger partial charge < -0.3 is 10.2 Å². The summed E-state index contributed by atoms with van der Waals surface area (Å²) in [6, 6.07) is 0.870. The third-order valence-corrected chi connectivity index (χ3v) is 5.48. The number of carboxylic acids is 1. The number of carbonyl (C=O) groups is 1. The van der Waals surface area contributed by atoms with Gasteiger partial charge in [-0.3, -0.25) is 0 Å². The molecular weight excluding hydrogens is 266 g/mol. The average Bonchev–Trinajstić information content (AvgIpc) is 2.64. The van der Waals surface area contributed by atoms with Crippen LogP contribution in [0.1, 0.15) is 23.2 Å². The lowest BCUT2D eigenvalue weighted by atomic mass is 9.91. The van der Waals surface area contributed by atoms with E-state index >= 15 is 0 Å². The molecule has 2 rings (SSSR count). The van der Waals surface area contributed by atoms with Crippen LogP contribution in [0.3, 0.4) is 0 Å². The van der Waals surface area contributed by atoms with Gasteiger partial charge in [-0.1, -0.05) is 0 Å². The van der Waals surface area contributed by atoms with Crippen molar-refractivity contribution in [3.63, 3.8) is 0 Å². The first-order valence-electron chi connectivity index (χ1n) is 4.91. The second-order valence-corrected chi connectivity index (χ2v) is 6.76. The van der Waals surface area contributed by atoms with Crippen LogP contribution in [0.15, 0.2) is 15.7 Å². The molecule has 6 nitrogen and oxygen atoms in total. The predicted octanol–water partition coefficient (Wildman–Crippen LogP) is 0.248. The number of aliphatic hydroxyl groups excluding tert-OH is 1. The molecule has 0 saturated heterocycles. The molecule has 1 aromatic rings. The van der Waals surface area contributed by atoms with Gasteiger partial charge in [0.2, 0.25) is 10.0 Å². The summed E-state index contributed by atoms with van der Waals surface area (Å²) >= 11 is 0.868. The minimum atomic E-state index is -3.66. The highest BCUT2D eigenvalue weighted by atomic mass is 32.2. The Labute approximate surface area is 102 Å². The molecule has 1 heterocycles. The fourth-order valence-corrected chi connectivity index (χ4v) is 3.96. The SMILES string of the molecule is O=C(O)c1csc(S(=O)(=O)NC2CC(O)C2)c1. The first kappa shape index (κ1) is 12.5. The van der Waals surface area contributed by atoms with Gasteiger partial charge in [0, 0.05) is 11.4 Å². The third-order valence-electron chi connectivity index (χ3n) is 2.52. The quantitative estimate of drug-likeness (QED) is 0.732. The molecule has 0 radical (unpaired) electrons. The van der Waals surface area contributed by atoms with Crippen molar-refractivity contribution in [1.29, 1.82) is 0 Å². The van der Waals surface area contributed by atoms with Gasteiger partial charge in [-0.25, -0.2) is 17.9 Å². The van der Waals surface area contributed by atoms with Gasteiger partial charge in [-0.15, -0.1) is 11.3 Å². The molecule has 94 valence electrons. The molecule has 0 aromatic carbocycles. The maximum Gasteiger partial charge on any atom is 0.336 e. The lowest BCUT2D eigenvalue weighted by Gasteiger charge is -2.31. The number of nitrogens with one attached hydrogen (secondary N) is 1. The molecule has 8 heteroatoms. The van der Waals surface area contributed by atoms with Gasteiger partial charge in [0.15, 0.2) is 0 Å². The van der Waals surface area contributed by atoms with E-state index in [1.807, 2.05) is 0 Å². The van der Waals surface area contributed by atoms with Crippen LogP contribution in [-0.4, -0.2) is 36.7 Å². The van der Waals surface area contributed by atoms with E-state index in [0.717, 1.165) is 17.4 Å². The molecule has 0 spiro atoms. The number of rotatable bonds is 4. The molecule has 0 bridgehead atoms. The summed E-state index contributed by atoms with van der Waals surface area (Å²) in [4.78, 5) is 10.6. The van der Waals surface area contributed by atoms with Crippen LogP contribution >= 0.6 is 11.3 Å². The molecular formula is C9H11NO5S2. The fraction of sp³-hybridized carbons (Fsp3) is 0.444. The summed E-state index contributed by atoms with van der Waals surface area (Å²) in [5.74, 6) is -1.15. The summed E-state index contributed by atoms with van der Waals surface area (Å²) in [7, 11) is -3.66. The average molecular weight is 277 g/mol. The maximum atomic E-state index is 11.8. The predicted molar refractivity (Wildman–Crippen MR) is 60.6 cm³/mol. The summed E-state index contributed by atoms with van der Waals surface area (Å²) in [5, 5.41) is 19.0. The highest BCUT2D eigenvalue weighted by Crippen LogP contribution is 2.25. The maximum absolute atomic E-state index is 11.8. The zero-order chi connectivity index (χ0) is 12.6. The van der Waals surface area contributed by atoms with Crippen molar-refractivity contribution in [3.8, 4) is 0 Å². The number of hydrogen-bond acceptors (Lipinski definition) is 5. The monoisotopic (exact) mass is 277 g/mol. The highest BCUT2D eigenvalue weighted by molar-refractivity contribution is 7.91. The topological polar surface area (TPSA) is 104 Å². The number of hydrogen-bond donors (Lipinski definition) is 3. The Morgan fingerprint density at radius 1 is 1.47 bits per heavy atom. The minimum Gasteiger partial charge on any atom is -0.478 e. The van der Waals surface area contributed by atoms with Crippen LogP contribution in [0.2, 0.25) is 0 Å². The normalized spacial score (nSPS) is 24.3. The molecule has 1 aliphatic rings. The lowest BCUT2D eigenvalue weighted by molar-refractivity contribution is 0.0695. The number of thiophene rings is 1. The van der Waals surface area contributed by atoms with Crippen molar-refractivity contribution < 1.29 is 23.4 Å². The van der Waals surface area contributed by atoms with Gasteiger partial charge in [-0.05, 0) is 18.9 Å². The molecule has 0 aliphatic heterocycles. The first-order chi connectivity index (χ1) is 7.88. The van der Waals surface area contributed by atoms with E-state index in [1.165, 1.54) is 5.38 Å². The summed E-state index contributed by atoms with van der Waals surface area (Å²) < 4.78 is 26.0. The van der Waals surface area contributed by atoms with Crippen LogP contribution in [0, 0.1) is 0 Å². The van der Waals surface area contributed by atoms with E-state index in [4.69, 9.17) is 10.2 Å². The van der Waals surface area contributed by atoms with E-state index in [0.29, 0.717) is 12.8 Å². The zero-order valence-electron chi connectivity index (χ0n) is 8.66. The van der Waals surface area contributed by atoms with Gasteiger partial charge in [0.05, 0.1) is 11.7 Å². The number of aliphatic hydroxyl groups is 1. The minimum absolute atomic E-state index is 0.0173. The molecule has 1 aromatic heterocycles. The van der Waals surface area contributed by atoms with Crippen LogP contribution < -0.4 is 4.72 Å². The van der Waals surface area contributed by atoms with Gasteiger partial charge >= 0.3 is 5.97 Å². The Balaban J connectivity index is 2.11. The molecule has 0 amide bonds. The second kappa shape index (κ2) is 4.37. The fourth-order valence-electron chi connectivity index (χ4n) is 1.53. The van der Waals surface area contributed by atoms with E-state index in [9.17, 15) is 13.2 Å². The Kier molecular flexibility index (Phi) is 3.21. The van der Waals surface area contributed by atoms with Crippen molar-refractivity contribution >= 4 is 27.3 Å². The van der Waals surface area contributed by atoms with Crippen molar-refractivity contribution in [2.75, 3.05) is 0 Å². The van der Waals surface area contributed by atoms with E-state index in [-0.39, 0.29) is 15.8 Å². The first-order valence-corrected chi connectivity index (χ1v) is 7.27. The molecule has 1 fully saturated rings. The smallest absolute Gasteiger partial charge is 0.336 e. The molecule has 1 aliphatic carbocycles. The molecule has 3 N–H and O–H groups in total. The Bertz CT molecular complexity index is 529. The summed E-state index contributed by atoms with van der Waals surface area (Å²) in [6.07, 6.45) is 0.355. The molecule has 0 atom stereocenters. The second-order valence-electron chi connectivity index (χ2n) is 3.90. The van der Waals surface area contributed by atoms with Gasteiger partial charge in [-0.2, -0.15) is 0 Å². The Morgan fingerprint density at radius 3 is 2.59 bits per heavy atom. The number of carboxylic acid groups (broad SMARTS) is 1. The Hall–Kier alpha value is -0.960. The summed E-state index contributed by atoms with van der Waals surface area (Å²) in [5.41, 5.74) is -0.0379. The molecule has 17 heavy (non-hydrogen) atoms. The van der Waals surface area contributed by atoms with E-state index < -0.39 is 22.1 Å². The van der Waals surface area contributed by atoms with Crippen molar-refractivity contribution in [2.24, 2.45) is 0 Å².